The number of likely N-dealkylation sites (tertiary alicyclic amines) is 1. The number of carbonyl (C=O) groups is 1. The van der Waals surface area contributed by atoms with Gasteiger partial charge in [0.05, 0.1) is 0 Å². The molecule has 0 aliphatic carbocycles. The van der Waals surface area contributed by atoms with Gasteiger partial charge in [-0.1, -0.05) is 6.92 Å². The van der Waals surface area contributed by atoms with E-state index in [1.54, 1.807) is 20.2 Å². The van der Waals surface area contributed by atoms with Gasteiger partial charge in [0.1, 0.15) is 5.82 Å². The lowest BCUT2D eigenvalue weighted by atomic mass is 10.2. The van der Waals surface area contributed by atoms with Gasteiger partial charge in [-0.15, -0.1) is 10.2 Å². The van der Waals surface area contributed by atoms with Crippen molar-refractivity contribution in [3.8, 4) is 0 Å². The summed E-state index contributed by atoms with van der Waals surface area (Å²) in [6.07, 6.45) is 2.49. The van der Waals surface area contributed by atoms with E-state index in [1.807, 2.05) is 6.07 Å². The summed E-state index contributed by atoms with van der Waals surface area (Å²) in [5.74, 6) is 0.597. The molecule has 1 saturated heterocycles. The van der Waals surface area contributed by atoms with Crippen LogP contribution in [0.4, 0.5) is 5.82 Å². The third-order valence-corrected chi connectivity index (χ3v) is 3.71. The van der Waals surface area contributed by atoms with E-state index in [-0.39, 0.29) is 5.91 Å². The molecule has 1 aliphatic heterocycles. The fourth-order valence-electron chi connectivity index (χ4n) is 2.53. The average molecular weight is 277 g/mol. The second-order valence-electron chi connectivity index (χ2n) is 5.31. The summed E-state index contributed by atoms with van der Waals surface area (Å²) in [7, 11) is 3.41. The Bertz CT molecular complexity index is 445. The Labute approximate surface area is 120 Å². The minimum atomic E-state index is -0.128. The number of hydrogen-bond acceptors (Lipinski definition) is 5. The molecule has 1 fully saturated rings. The van der Waals surface area contributed by atoms with Crippen LogP contribution < -0.4 is 5.32 Å². The molecule has 2 heterocycles. The van der Waals surface area contributed by atoms with Gasteiger partial charge in [0.25, 0.3) is 5.91 Å². The Kier molecular flexibility index (Phi) is 4.89. The van der Waals surface area contributed by atoms with Crippen LogP contribution in [-0.4, -0.2) is 65.7 Å². The zero-order chi connectivity index (χ0) is 14.5. The fourth-order valence-corrected chi connectivity index (χ4v) is 2.53. The van der Waals surface area contributed by atoms with E-state index >= 15 is 0 Å². The van der Waals surface area contributed by atoms with Crippen LogP contribution in [0.5, 0.6) is 0 Å². The highest BCUT2D eigenvalue weighted by molar-refractivity contribution is 5.91. The fraction of sp³-hybridized carbons (Fsp3) is 0.643. The molecule has 2 rings (SSSR count). The zero-order valence-corrected chi connectivity index (χ0v) is 12.5. The normalized spacial score (nSPS) is 19.1. The number of aromatic nitrogens is 2. The molecule has 1 aliphatic rings. The van der Waals surface area contributed by atoms with Crippen molar-refractivity contribution < 1.29 is 4.79 Å². The maximum Gasteiger partial charge on any atom is 0.273 e. The smallest absolute Gasteiger partial charge is 0.273 e. The summed E-state index contributed by atoms with van der Waals surface area (Å²) in [5.41, 5.74) is 0.372. The maximum absolute atomic E-state index is 11.7. The number of hydrogen-bond donors (Lipinski definition) is 1. The molecule has 1 aromatic rings. The molecule has 1 unspecified atom stereocenters. The summed E-state index contributed by atoms with van der Waals surface area (Å²) in [5, 5.41) is 11.3. The van der Waals surface area contributed by atoms with Crippen LogP contribution >= 0.6 is 0 Å². The van der Waals surface area contributed by atoms with Crippen molar-refractivity contribution in [3.05, 3.63) is 17.8 Å². The first-order valence-corrected chi connectivity index (χ1v) is 7.15. The van der Waals surface area contributed by atoms with E-state index in [1.165, 1.54) is 24.3 Å². The Balaban J connectivity index is 1.89. The molecule has 6 heteroatoms. The van der Waals surface area contributed by atoms with Crippen LogP contribution in [-0.2, 0) is 0 Å². The number of nitrogens with one attached hydrogen (secondary N) is 1. The number of rotatable bonds is 5. The van der Waals surface area contributed by atoms with Gasteiger partial charge in [0.15, 0.2) is 5.69 Å². The monoisotopic (exact) mass is 277 g/mol. The summed E-state index contributed by atoms with van der Waals surface area (Å²) in [6.45, 7) is 5.35. The highest BCUT2D eigenvalue weighted by atomic mass is 16.2. The first-order valence-electron chi connectivity index (χ1n) is 7.15. The van der Waals surface area contributed by atoms with Crippen molar-refractivity contribution in [2.24, 2.45) is 0 Å². The highest BCUT2D eigenvalue weighted by Gasteiger charge is 2.22. The molecule has 0 saturated carbocycles. The zero-order valence-electron chi connectivity index (χ0n) is 12.5. The Morgan fingerprint density at radius 2 is 2.25 bits per heavy atom. The first-order chi connectivity index (χ1) is 9.61. The maximum atomic E-state index is 11.7. The largest absolute Gasteiger partial charge is 0.367 e. The molecule has 0 spiro atoms. The molecule has 6 nitrogen and oxygen atoms in total. The number of likely N-dealkylation sites (N-methyl/N-ethyl adjacent to an activating group) is 1. The van der Waals surface area contributed by atoms with E-state index in [2.05, 4.69) is 27.3 Å². The van der Waals surface area contributed by atoms with E-state index in [0.717, 1.165) is 18.9 Å². The molecule has 20 heavy (non-hydrogen) atoms. The second kappa shape index (κ2) is 6.65. The van der Waals surface area contributed by atoms with Gasteiger partial charge in [-0.25, -0.2) is 0 Å². The Morgan fingerprint density at radius 1 is 1.45 bits per heavy atom. The van der Waals surface area contributed by atoms with Gasteiger partial charge in [-0.2, -0.15) is 0 Å². The van der Waals surface area contributed by atoms with Crippen LogP contribution in [0, 0.1) is 0 Å². The lowest BCUT2D eigenvalue weighted by molar-refractivity contribution is 0.0821. The molecular formula is C14H23N5O. The Hall–Kier alpha value is -1.69. The van der Waals surface area contributed by atoms with E-state index in [9.17, 15) is 4.79 Å². The van der Waals surface area contributed by atoms with Crippen molar-refractivity contribution in [1.82, 2.24) is 20.0 Å². The molecule has 1 aromatic heterocycles. The SMILES string of the molecule is CCN1CCCC1CNc1ccc(C(=O)N(C)C)nn1. The minimum Gasteiger partial charge on any atom is -0.367 e. The molecule has 110 valence electrons. The molecule has 0 bridgehead atoms. The highest BCUT2D eigenvalue weighted by Crippen LogP contribution is 2.16. The molecular weight excluding hydrogens is 254 g/mol. The van der Waals surface area contributed by atoms with E-state index < -0.39 is 0 Å². The van der Waals surface area contributed by atoms with Crippen molar-refractivity contribution in [2.75, 3.05) is 39.0 Å². The third kappa shape index (κ3) is 3.45. The first kappa shape index (κ1) is 14.7. The summed E-state index contributed by atoms with van der Waals surface area (Å²) >= 11 is 0. The van der Waals surface area contributed by atoms with Crippen LogP contribution in [0.25, 0.3) is 0 Å². The van der Waals surface area contributed by atoms with Gasteiger partial charge in [0, 0.05) is 26.7 Å². The van der Waals surface area contributed by atoms with E-state index in [4.69, 9.17) is 0 Å². The minimum absolute atomic E-state index is 0.128. The van der Waals surface area contributed by atoms with Gasteiger partial charge >= 0.3 is 0 Å². The third-order valence-electron chi connectivity index (χ3n) is 3.71. The summed E-state index contributed by atoms with van der Waals surface area (Å²) < 4.78 is 0. The molecule has 1 atom stereocenters. The van der Waals surface area contributed by atoms with Crippen molar-refractivity contribution in [1.29, 1.82) is 0 Å². The molecule has 1 N–H and O–H groups in total. The van der Waals surface area contributed by atoms with Crippen molar-refractivity contribution >= 4 is 11.7 Å². The van der Waals surface area contributed by atoms with Crippen LogP contribution in [0.2, 0.25) is 0 Å². The summed E-state index contributed by atoms with van der Waals surface area (Å²) in [4.78, 5) is 15.7. The van der Waals surface area contributed by atoms with Gasteiger partial charge in [-0.3, -0.25) is 9.69 Å². The number of carbonyl (C=O) groups excluding carboxylic acids is 1. The Morgan fingerprint density at radius 3 is 2.85 bits per heavy atom. The average Bonchev–Trinajstić information content (AvgIpc) is 2.92. The van der Waals surface area contributed by atoms with Crippen LogP contribution in [0.3, 0.4) is 0 Å². The van der Waals surface area contributed by atoms with Gasteiger partial charge in [0.2, 0.25) is 0 Å². The van der Waals surface area contributed by atoms with E-state index in [0.29, 0.717) is 11.7 Å². The van der Waals surface area contributed by atoms with Crippen LogP contribution in [0.15, 0.2) is 12.1 Å². The lowest BCUT2D eigenvalue weighted by Gasteiger charge is -2.22. The predicted octanol–water partition coefficient (Wildman–Crippen LogP) is 1.07. The summed E-state index contributed by atoms with van der Waals surface area (Å²) in [6, 6.07) is 4.10. The molecule has 0 radical (unpaired) electrons. The van der Waals surface area contributed by atoms with Gasteiger partial charge in [-0.05, 0) is 38.1 Å². The second-order valence-corrected chi connectivity index (χ2v) is 5.31. The quantitative estimate of drug-likeness (QED) is 0.872. The number of amides is 1. The standard InChI is InChI=1S/C14H23N5O/c1-4-19-9-5-6-11(19)10-15-13-8-7-12(16-17-13)14(20)18(2)3/h7-8,11H,4-6,9-10H2,1-3H3,(H,15,17). The van der Waals surface area contributed by atoms with Gasteiger partial charge < -0.3 is 10.2 Å². The van der Waals surface area contributed by atoms with Crippen molar-refractivity contribution in [2.45, 2.75) is 25.8 Å². The molecule has 0 aromatic carbocycles. The number of anilines is 1. The molecule has 1 amide bonds. The topological polar surface area (TPSA) is 61.4 Å². The van der Waals surface area contributed by atoms with Crippen molar-refractivity contribution in [3.63, 3.8) is 0 Å². The van der Waals surface area contributed by atoms with Crippen LogP contribution in [0.1, 0.15) is 30.3 Å². The number of nitrogens with zero attached hydrogens (tertiary/aromatic N) is 4. The lowest BCUT2D eigenvalue weighted by Crippen LogP contribution is -2.34. The predicted molar refractivity (Wildman–Crippen MR) is 78.8 cm³/mol.